The van der Waals surface area contributed by atoms with Crippen LogP contribution in [0.4, 0.5) is 0 Å². The molecule has 0 amide bonds. The van der Waals surface area contributed by atoms with Crippen molar-refractivity contribution in [3.05, 3.63) is 0 Å². The first-order chi connectivity index (χ1) is 8.65. The number of hydrogen-bond acceptors (Lipinski definition) is 3. The second-order valence-corrected chi connectivity index (χ2v) is 8.89. The van der Waals surface area contributed by atoms with Crippen molar-refractivity contribution in [1.29, 1.82) is 0 Å². The van der Waals surface area contributed by atoms with Crippen LogP contribution in [0.25, 0.3) is 0 Å². The van der Waals surface area contributed by atoms with E-state index in [4.69, 9.17) is 9.05 Å². The normalized spacial score (nSPS) is 14.8. The van der Waals surface area contributed by atoms with Crippen LogP contribution in [0.1, 0.15) is 55.4 Å². The summed E-state index contributed by atoms with van der Waals surface area (Å²) >= 11 is 0. The molecule has 0 spiro atoms. The fourth-order valence-corrected chi connectivity index (χ4v) is 3.76. The van der Waals surface area contributed by atoms with Gasteiger partial charge >= 0.3 is 7.75 Å². The lowest BCUT2D eigenvalue weighted by atomic mass is 10.2. The van der Waals surface area contributed by atoms with Crippen LogP contribution in [-0.4, -0.2) is 36.0 Å². The van der Waals surface area contributed by atoms with E-state index in [0.29, 0.717) is 5.84 Å². The van der Waals surface area contributed by atoms with Crippen LogP contribution in [0.2, 0.25) is 0 Å². The second kappa shape index (κ2) is 6.59. The molecule has 0 saturated heterocycles. The van der Waals surface area contributed by atoms with Crippen molar-refractivity contribution in [2.45, 2.75) is 66.6 Å². The number of amidine groups is 1. The summed E-state index contributed by atoms with van der Waals surface area (Å²) in [7, 11) is 0.165. The predicted octanol–water partition coefficient (Wildman–Crippen LogP) is 4.34. The molecule has 20 heavy (non-hydrogen) atoms. The topological polar surface area (TPSA) is 51.1 Å². The Morgan fingerprint density at radius 2 is 1.35 bits per heavy atom. The summed E-state index contributed by atoms with van der Waals surface area (Å²) in [5.74, 6) is 0.826. The molecule has 0 saturated carbocycles. The van der Waals surface area contributed by atoms with Crippen molar-refractivity contribution in [1.82, 2.24) is 4.90 Å². The maximum absolute atomic E-state index is 13.0. The van der Waals surface area contributed by atoms with E-state index in [-0.39, 0.29) is 5.92 Å². The Kier molecular flexibility index (Phi) is 6.46. The predicted molar refractivity (Wildman–Crippen MR) is 85.2 cm³/mol. The molecular weight excluding hydrogens is 275 g/mol. The third-order valence-corrected chi connectivity index (χ3v) is 3.98. The fourth-order valence-electron chi connectivity index (χ4n) is 1.60. The number of hydrogen-bond donors (Lipinski definition) is 0. The van der Waals surface area contributed by atoms with E-state index in [9.17, 15) is 4.57 Å². The van der Waals surface area contributed by atoms with Gasteiger partial charge in [0.1, 0.15) is 5.84 Å². The first-order valence-corrected chi connectivity index (χ1v) is 8.44. The van der Waals surface area contributed by atoms with Crippen molar-refractivity contribution in [3.63, 3.8) is 0 Å². The Balaban J connectivity index is 5.64. The Hall–Kier alpha value is -0.380. The Morgan fingerprint density at radius 3 is 1.55 bits per heavy atom. The van der Waals surface area contributed by atoms with Crippen molar-refractivity contribution in [2.24, 2.45) is 10.7 Å². The molecule has 5 nitrogen and oxygen atoms in total. The SMILES string of the molecule is CC(C)/C(=N\P(=O)(OC(C)(C)C)OC(C)(C)C)N(C)C. The van der Waals surface area contributed by atoms with Crippen LogP contribution < -0.4 is 0 Å². The van der Waals surface area contributed by atoms with Crippen LogP contribution in [0.3, 0.4) is 0 Å². The van der Waals surface area contributed by atoms with Crippen LogP contribution in [0, 0.1) is 5.92 Å². The molecule has 0 aliphatic heterocycles. The average Bonchev–Trinajstić information content (AvgIpc) is 2.06. The highest BCUT2D eigenvalue weighted by atomic mass is 31.2. The zero-order valence-corrected chi connectivity index (χ0v) is 15.5. The lowest BCUT2D eigenvalue weighted by Crippen LogP contribution is -2.29. The molecule has 0 unspecified atom stereocenters. The molecule has 0 heterocycles. The smallest absolute Gasteiger partial charge is 0.366 e. The minimum atomic E-state index is -3.58. The zero-order valence-electron chi connectivity index (χ0n) is 14.6. The monoisotopic (exact) mass is 306 g/mol. The van der Waals surface area contributed by atoms with Gasteiger partial charge in [0.15, 0.2) is 0 Å². The molecule has 0 bridgehead atoms. The van der Waals surface area contributed by atoms with E-state index in [0.717, 1.165) is 0 Å². The number of nitrogens with zero attached hydrogens (tertiary/aromatic N) is 2. The molecule has 0 aromatic carbocycles. The standard InChI is InChI=1S/C14H31N2O3P/c1-11(2)12(16(9)10)15-20(17,18-13(3,4)5)19-14(6,7)8/h11H,1-10H3/b15-12+. The Morgan fingerprint density at radius 1 is 1.00 bits per heavy atom. The molecular formula is C14H31N2O3P. The van der Waals surface area contributed by atoms with Gasteiger partial charge in [0.2, 0.25) is 0 Å². The summed E-state index contributed by atoms with van der Waals surface area (Å²) in [5, 5.41) is 0. The minimum absolute atomic E-state index is 0.130. The van der Waals surface area contributed by atoms with E-state index in [1.165, 1.54) is 0 Å². The molecule has 0 aliphatic carbocycles. The number of rotatable bonds is 4. The quantitative estimate of drug-likeness (QED) is 0.440. The zero-order chi connectivity index (χ0) is 16.4. The maximum atomic E-state index is 13.0. The highest BCUT2D eigenvalue weighted by Crippen LogP contribution is 2.56. The van der Waals surface area contributed by atoms with Gasteiger partial charge in [-0.3, -0.25) is 9.05 Å². The van der Waals surface area contributed by atoms with Gasteiger partial charge in [-0.1, -0.05) is 13.8 Å². The molecule has 0 atom stereocenters. The minimum Gasteiger partial charge on any atom is -0.366 e. The van der Waals surface area contributed by atoms with Crippen molar-refractivity contribution in [2.75, 3.05) is 14.1 Å². The summed E-state index contributed by atoms with van der Waals surface area (Å²) in [6.07, 6.45) is 0. The molecule has 0 aromatic heterocycles. The third kappa shape index (κ3) is 8.03. The lowest BCUT2D eigenvalue weighted by molar-refractivity contribution is 0.0494. The summed E-state index contributed by atoms with van der Waals surface area (Å²) in [6.45, 7) is 15.0. The molecule has 6 heteroatoms. The maximum Gasteiger partial charge on any atom is 0.456 e. The first-order valence-electron chi connectivity index (χ1n) is 6.94. The van der Waals surface area contributed by atoms with E-state index in [1.54, 1.807) is 0 Å². The highest BCUT2D eigenvalue weighted by molar-refractivity contribution is 7.52. The lowest BCUT2D eigenvalue weighted by Gasteiger charge is -2.30. The first kappa shape index (κ1) is 19.6. The summed E-state index contributed by atoms with van der Waals surface area (Å²) in [5.41, 5.74) is -1.20. The van der Waals surface area contributed by atoms with E-state index < -0.39 is 18.9 Å². The summed E-state index contributed by atoms with van der Waals surface area (Å²) in [4.78, 5) is 1.84. The molecule has 0 aromatic rings. The van der Waals surface area contributed by atoms with E-state index in [2.05, 4.69) is 4.76 Å². The van der Waals surface area contributed by atoms with E-state index in [1.807, 2.05) is 74.4 Å². The largest absolute Gasteiger partial charge is 0.456 e. The van der Waals surface area contributed by atoms with Crippen LogP contribution in [-0.2, 0) is 13.6 Å². The van der Waals surface area contributed by atoms with Crippen LogP contribution in [0.5, 0.6) is 0 Å². The summed E-state index contributed by atoms with van der Waals surface area (Å²) in [6, 6.07) is 0. The Labute approximate surface area is 124 Å². The van der Waals surface area contributed by atoms with Crippen molar-refractivity contribution in [3.8, 4) is 0 Å². The van der Waals surface area contributed by atoms with Gasteiger partial charge in [0.05, 0.1) is 11.2 Å². The van der Waals surface area contributed by atoms with E-state index >= 15 is 0 Å². The molecule has 120 valence electrons. The molecule has 0 aliphatic rings. The van der Waals surface area contributed by atoms with Gasteiger partial charge in [0.25, 0.3) is 0 Å². The van der Waals surface area contributed by atoms with Crippen LogP contribution >= 0.6 is 7.75 Å². The van der Waals surface area contributed by atoms with Gasteiger partial charge in [0, 0.05) is 20.0 Å². The van der Waals surface area contributed by atoms with Crippen LogP contribution in [0.15, 0.2) is 4.76 Å². The highest BCUT2D eigenvalue weighted by Gasteiger charge is 2.36. The molecule has 0 rings (SSSR count). The Bertz CT molecular complexity index is 360. The van der Waals surface area contributed by atoms with Gasteiger partial charge in [-0.2, -0.15) is 4.76 Å². The fraction of sp³-hybridized carbons (Fsp3) is 0.929. The van der Waals surface area contributed by atoms with Gasteiger partial charge < -0.3 is 4.90 Å². The molecule has 0 fully saturated rings. The third-order valence-electron chi connectivity index (χ3n) is 1.98. The van der Waals surface area contributed by atoms with Gasteiger partial charge in [-0.15, -0.1) is 0 Å². The summed E-state index contributed by atoms with van der Waals surface area (Å²) < 4.78 is 28.6. The van der Waals surface area contributed by atoms with Crippen molar-refractivity contribution < 1.29 is 13.6 Å². The van der Waals surface area contributed by atoms with Gasteiger partial charge in [-0.25, -0.2) is 4.57 Å². The average molecular weight is 306 g/mol. The van der Waals surface area contributed by atoms with Crippen molar-refractivity contribution >= 4 is 13.6 Å². The van der Waals surface area contributed by atoms with Gasteiger partial charge in [-0.05, 0) is 41.5 Å². The molecule has 0 N–H and O–H groups in total. The molecule has 0 radical (unpaired) electrons. The second-order valence-electron chi connectivity index (χ2n) is 7.38.